The van der Waals surface area contributed by atoms with E-state index in [-0.39, 0.29) is 36.8 Å². The van der Waals surface area contributed by atoms with Gasteiger partial charge in [-0.3, -0.25) is 0 Å². The van der Waals surface area contributed by atoms with Gasteiger partial charge in [-0.1, -0.05) is 52.0 Å². The van der Waals surface area contributed by atoms with Gasteiger partial charge in [-0.2, -0.15) is 0 Å². The summed E-state index contributed by atoms with van der Waals surface area (Å²) in [6.45, 7) is 16.7. The van der Waals surface area contributed by atoms with E-state index in [1.165, 1.54) is 0 Å². The third-order valence-electron chi connectivity index (χ3n) is 5.17. The Morgan fingerprint density at radius 1 is 0.844 bits per heavy atom. The van der Waals surface area contributed by atoms with Crippen molar-refractivity contribution >= 4 is 42.6 Å². The van der Waals surface area contributed by atoms with Crippen molar-refractivity contribution in [2.45, 2.75) is 39.8 Å². The fourth-order valence-corrected chi connectivity index (χ4v) is 3.29. The summed E-state index contributed by atoms with van der Waals surface area (Å²) < 4.78 is 11.5. The zero-order valence-corrected chi connectivity index (χ0v) is 22.2. The van der Waals surface area contributed by atoms with Crippen LogP contribution in [0.4, 0.5) is 0 Å². The fraction of sp³-hybridized carbons (Fsp3) is 0.520. The normalized spacial score (nSPS) is 21.3. The molecular formula is C25H36CoN3O2P. The van der Waals surface area contributed by atoms with Crippen molar-refractivity contribution in [1.29, 1.82) is 0 Å². The number of fused-ring (bicyclic) bond motifs is 1. The van der Waals surface area contributed by atoms with Crippen LogP contribution in [0.5, 0.6) is 0 Å². The van der Waals surface area contributed by atoms with Gasteiger partial charge in [0.1, 0.15) is 13.2 Å². The SMILES string of the molecule is CC(C)[C@H]1COC(/C=c2\[n-]/c(=C\C3=N[C@@H](C(C)C)CO3)c3ccccc23)=N1.C[PH+](C)C.[Co]. The number of rotatable bonds is 4. The number of ether oxygens (including phenoxy) is 2. The van der Waals surface area contributed by atoms with Crippen LogP contribution in [-0.2, 0) is 26.3 Å². The van der Waals surface area contributed by atoms with Gasteiger partial charge >= 0.3 is 0 Å². The van der Waals surface area contributed by atoms with Crippen molar-refractivity contribution in [2.24, 2.45) is 21.8 Å². The first-order valence-corrected chi connectivity index (χ1v) is 14.2. The summed E-state index contributed by atoms with van der Waals surface area (Å²) >= 11 is 0. The second-order valence-corrected chi connectivity index (χ2v) is 12.4. The Morgan fingerprint density at radius 2 is 1.22 bits per heavy atom. The molecule has 177 valence electrons. The van der Waals surface area contributed by atoms with Gasteiger partial charge in [0.25, 0.3) is 0 Å². The average molecular weight is 500 g/mol. The maximum atomic E-state index is 5.76. The van der Waals surface area contributed by atoms with Crippen molar-refractivity contribution in [3.8, 4) is 0 Å². The minimum absolute atomic E-state index is 0. The van der Waals surface area contributed by atoms with Crippen LogP contribution < -0.4 is 15.7 Å². The van der Waals surface area contributed by atoms with Gasteiger partial charge in [-0.05, 0) is 42.7 Å². The maximum Gasteiger partial charge on any atom is 0.207 e. The molecule has 5 nitrogen and oxygen atoms in total. The molecule has 1 aromatic carbocycles. The molecule has 2 aliphatic rings. The molecule has 0 amide bonds. The molecular weight excluding hydrogens is 464 g/mol. The predicted molar refractivity (Wildman–Crippen MR) is 136 cm³/mol. The molecule has 0 fully saturated rings. The Bertz CT molecular complexity index is 990. The summed E-state index contributed by atoms with van der Waals surface area (Å²) in [4.78, 5) is 14.2. The van der Waals surface area contributed by atoms with E-state index in [0.29, 0.717) is 36.8 Å². The van der Waals surface area contributed by atoms with E-state index in [1.807, 2.05) is 24.3 Å². The summed E-state index contributed by atoms with van der Waals surface area (Å²) in [6, 6.07) is 8.65. The predicted octanol–water partition coefficient (Wildman–Crippen LogP) is 3.35. The second kappa shape index (κ2) is 12.0. The molecule has 1 radical (unpaired) electrons. The Labute approximate surface area is 203 Å². The average Bonchev–Trinajstić information content (AvgIpc) is 3.42. The fourth-order valence-electron chi connectivity index (χ4n) is 3.29. The molecule has 0 bridgehead atoms. The molecule has 0 aliphatic carbocycles. The van der Waals surface area contributed by atoms with Crippen molar-refractivity contribution < 1.29 is 26.3 Å². The van der Waals surface area contributed by atoms with Crippen LogP contribution in [0.2, 0.25) is 0 Å². The van der Waals surface area contributed by atoms with Crippen LogP contribution in [0, 0.1) is 11.8 Å². The first kappa shape index (κ1) is 26.6. The summed E-state index contributed by atoms with van der Waals surface area (Å²) in [5.41, 5.74) is 0. The van der Waals surface area contributed by atoms with Gasteiger partial charge in [-0.15, -0.1) is 10.7 Å². The summed E-state index contributed by atoms with van der Waals surface area (Å²) in [6.07, 6.45) is 3.88. The van der Waals surface area contributed by atoms with E-state index in [2.05, 4.69) is 69.8 Å². The molecule has 0 unspecified atom stereocenters. The maximum absolute atomic E-state index is 5.76. The van der Waals surface area contributed by atoms with Crippen LogP contribution in [0.25, 0.3) is 22.9 Å². The van der Waals surface area contributed by atoms with Crippen molar-refractivity contribution in [2.75, 3.05) is 33.2 Å². The van der Waals surface area contributed by atoms with Crippen LogP contribution in [0.3, 0.4) is 0 Å². The standard InChI is InChI=1S/C22H26N3O2.C3H9P.Co/c1-13(2)19-11-26-21(24-19)9-17-15-7-5-6-8-16(15)18(23-17)10-22-25-20(12-27-22)14(3)4;1-4(2)3;/h5-10,13-14,19-20H,11-12H2,1-4H3;1-3H3;/q-1;;/p+1/b17-9-,18-10-;;/t19-,20-;;/m1../s1. The summed E-state index contributed by atoms with van der Waals surface area (Å²) in [5, 5.41) is 3.92. The monoisotopic (exact) mass is 500 g/mol. The van der Waals surface area contributed by atoms with Crippen molar-refractivity contribution in [3.63, 3.8) is 0 Å². The van der Waals surface area contributed by atoms with E-state index >= 15 is 0 Å². The Morgan fingerprint density at radius 3 is 1.53 bits per heavy atom. The molecule has 2 aromatic rings. The molecule has 0 saturated carbocycles. The molecule has 0 saturated heterocycles. The van der Waals surface area contributed by atoms with Crippen LogP contribution in [-0.4, -0.2) is 57.1 Å². The van der Waals surface area contributed by atoms with E-state index in [4.69, 9.17) is 14.5 Å². The van der Waals surface area contributed by atoms with Gasteiger partial charge < -0.3 is 14.5 Å². The van der Waals surface area contributed by atoms with Crippen LogP contribution in [0.15, 0.2) is 34.3 Å². The van der Waals surface area contributed by atoms with Crippen LogP contribution >= 0.6 is 7.92 Å². The summed E-state index contributed by atoms with van der Waals surface area (Å²) in [5.74, 6) is 2.27. The Balaban J connectivity index is 0.000000672. The van der Waals surface area contributed by atoms with Gasteiger partial charge in [0.05, 0.1) is 12.1 Å². The second-order valence-electron chi connectivity index (χ2n) is 9.40. The van der Waals surface area contributed by atoms with Gasteiger partial charge in [0.2, 0.25) is 11.8 Å². The zero-order valence-electron chi connectivity index (χ0n) is 20.2. The quantitative estimate of drug-likeness (QED) is 0.606. The molecule has 0 spiro atoms. The van der Waals surface area contributed by atoms with Gasteiger partial charge in [0.15, 0.2) is 0 Å². The van der Waals surface area contributed by atoms with Crippen LogP contribution in [0.1, 0.15) is 27.7 Å². The molecule has 32 heavy (non-hydrogen) atoms. The first-order chi connectivity index (χ1) is 14.7. The molecule has 0 N–H and O–H groups in total. The molecule has 2 aliphatic heterocycles. The third kappa shape index (κ3) is 6.94. The molecule has 3 heterocycles. The number of benzene rings is 1. The van der Waals surface area contributed by atoms with E-state index in [9.17, 15) is 0 Å². The minimum Gasteiger partial charge on any atom is -0.657 e. The van der Waals surface area contributed by atoms with E-state index in [0.717, 1.165) is 21.5 Å². The number of hydrogen-bond donors (Lipinski definition) is 0. The minimum atomic E-state index is 0. The first-order valence-electron chi connectivity index (χ1n) is 11.2. The molecule has 1 aromatic heterocycles. The topological polar surface area (TPSA) is 57.3 Å². The smallest absolute Gasteiger partial charge is 0.207 e. The molecule has 4 rings (SSSR count). The van der Waals surface area contributed by atoms with Crippen molar-refractivity contribution in [3.05, 3.63) is 35.0 Å². The summed E-state index contributed by atoms with van der Waals surface area (Å²) in [7, 11) is 0.120. The Hall–Kier alpha value is -1.62. The number of nitrogens with zero attached hydrogens (tertiary/aromatic N) is 3. The molecule has 7 heteroatoms. The largest absolute Gasteiger partial charge is 0.657 e. The van der Waals surface area contributed by atoms with Crippen molar-refractivity contribution in [1.82, 2.24) is 4.98 Å². The third-order valence-corrected chi connectivity index (χ3v) is 5.17. The number of aliphatic imine (C=N–C) groups is 2. The molecule has 2 atom stereocenters. The van der Waals surface area contributed by atoms with Gasteiger partial charge in [-0.25, -0.2) is 9.98 Å². The number of aromatic nitrogens is 1. The van der Waals surface area contributed by atoms with E-state index in [1.54, 1.807) is 0 Å². The number of hydrogen-bond acceptors (Lipinski definition) is 4. The Kier molecular flexibility index (Phi) is 10.00. The van der Waals surface area contributed by atoms with Gasteiger partial charge in [0, 0.05) is 36.8 Å². The zero-order chi connectivity index (χ0) is 22.5. The van der Waals surface area contributed by atoms with E-state index < -0.39 is 0 Å².